The third kappa shape index (κ3) is 3.30. The van der Waals surface area contributed by atoms with E-state index in [1.165, 1.54) is 6.33 Å². The number of hydrogen-bond donors (Lipinski definition) is 2. The van der Waals surface area contributed by atoms with E-state index in [-0.39, 0.29) is 18.0 Å². The molecule has 1 aliphatic carbocycles. The van der Waals surface area contributed by atoms with Gasteiger partial charge in [0.05, 0.1) is 29.3 Å². The second-order valence-corrected chi connectivity index (χ2v) is 7.89. The van der Waals surface area contributed by atoms with Gasteiger partial charge in [0.2, 0.25) is 5.71 Å². The average molecular weight is 407 g/mol. The van der Waals surface area contributed by atoms with Gasteiger partial charge in [0.1, 0.15) is 23.6 Å². The third-order valence-electron chi connectivity index (χ3n) is 5.29. The molecule has 4 aromatic rings. The number of nitrogens with one attached hydrogen (secondary N) is 2. The van der Waals surface area contributed by atoms with Crippen molar-refractivity contribution in [2.75, 3.05) is 5.32 Å². The van der Waals surface area contributed by atoms with E-state index in [1.807, 2.05) is 13.2 Å². The Morgan fingerprint density at radius 3 is 2.90 bits per heavy atom. The van der Waals surface area contributed by atoms with Crippen molar-refractivity contribution in [3.63, 3.8) is 0 Å². The Balaban J connectivity index is 1.37. The number of aromatic nitrogens is 5. The number of hydrogen-bond acceptors (Lipinski definition) is 8. The molecule has 0 spiro atoms. The number of carbonyl (C=O) groups excluding carboxylic acids is 1. The second kappa shape index (κ2) is 6.68. The maximum Gasteiger partial charge on any atom is 0.255 e. The molecule has 10 nitrogen and oxygen atoms in total. The number of fused-ring (bicyclic) bond motifs is 1. The van der Waals surface area contributed by atoms with Crippen molar-refractivity contribution in [2.24, 2.45) is 7.05 Å². The molecule has 4 aromatic heterocycles. The maximum absolute atomic E-state index is 13.0. The highest BCUT2D eigenvalue weighted by atomic mass is 16.5. The predicted octanol–water partition coefficient (Wildman–Crippen LogP) is 2.81. The Kier molecular flexibility index (Phi) is 4.09. The van der Waals surface area contributed by atoms with E-state index in [2.05, 4.69) is 37.8 Å². The van der Waals surface area contributed by atoms with Gasteiger partial charge in [-0.15, -0.1) is 0 Å². The number of rotatable bonds is 6. The monoisotopic (exact) mass is 407 g/mol. The van der Waals surface area contributed by atoms with E-state index >= 15 is 0 Å². The van der Waals surface area contributed by atoms with Crippen LogP contribution < -0.4 is 10.6 Å². The van der Waals surface area contributed by atoms with E-state index in [4.69, 9.17) is 8.94 Å². The lowest BCUT2D eigenvalue weighted by molar-refractivity contribution is 0.0950. The number of anilines is 1. The molecule has 5 rings (SSSR count). The van der Waals surface area contributed by atoms with Crippen LogP contribution in [0.3, 0.4) is 0 Å². The van der Waals surface area contributed by atoms with Crippen molar-refractivity contribution in [1.29, 1.82) is 0 Å². The molecule has 10 heteroatoms. The number of aryl methyl sites for hydroxylation is 2. The lowest BCUT2D eigenvalue weighted by Gasteiger charge is -2.13. The zero-order valence-electron chi connectivity index (χ0n) is 16.9. The lowest BCUT2D eigenvalue weighted by Crippen LogP contribution is -2.24. The Labute approximate surface area is 171 Å². The minimum atomic E-state index is -0.282. The first-order valence-electron chi connectivity index (χ1n) is 9.67. The molecule has 1 saturated carbocycles. The van der Waals surface area contributed by atoms with Gasteiger partial charge in [0.25, 0.3) is 5.91 Å². The van der Waals surface area contributed by atoms with Gasteiger partial charge in [0, 0.05) is 24.8 Å². The molecule has 0 unspecified atom stereocenters. The molecule has 4 heterocycles. The molecule has 154 valence electrons. The summed E-state index contributed by atoms with van der Waals surface area (Å²) in [7, 11) is 1.83. The summed E-state index contributed by atoms with van der Waals surface area (Å²) in [6.07, 6.45) is 7.08. The van der Waals surface area contributed by atoms with Gasteiger partial charge >= 0.3 is 0 Å². The van der Waals surface area contributed by atoms with Crippen molar-refractivity contribution in [2.45, 2.75) is 38.8 Å². The molecule has 0 bridgehead atoms. The van der Waals surface area contributed by atoms with Gasteiger partial charge in [-0.25, -0.2) is 9.97 Å². The first-order valence-corrected chi connectivity index (χ1v) is 9.67. The summed E-state index contributed by atoms with van der Waals surface area (Å²) < 4.78 is 12.8. The van der Waals surface area contributed by atoms with Gasteiger partial charge in [-0.1, -0.05) is 5.16 Å². The standard InChI is InChI=1S/C20H21N7O3/c1-11-15(16-17(25-20(2)4-5-20)22-10-23-19(16)29-11)18(28)21-8-13-6-14(30-26-13)12-7-24-27(3)9-12/h6-7,9-10H,4-5,8H2,1-3H3,(H,21,28)(H,22,23,25). The van der Waals surface area contributed by atoms with Crippen LogP contribution in [0.4, 0.5) is 5.82 Å². The van der Waals surface area contributed by atoms with Crippen molar-refractivity contribution in [1.82, 2.24) is 30.2 Å². The lowest BCUT2D eigenvalue weighted by atomic mass is 10.1. The summed E-state index contributed by atoms with van der Waals surface area (Å²) in [6, 6.07) is 1.78. The zero-order chi connectivity index (χ0) is 20.9. The van der Waals surface area contributed by atoms with E-state index in [0.29, 0.717) is 39.7 Å². The Hall–Kier alpha value is -3.69. The highest BCUT2D eigenvalue weighted by Crippen LogP contribution is 2.40. The molecule has 1 fully saturated rings. The summed E-state index contributed by atoms with van der Waals surface area (Å²) in [5, 5.41) is 15.0. The largest absolute Gasteiger partial charge is 0.442 e. The van der Waals surface area contributed by atoms with Gasteiger partial charge < -0.3 is 19.6 Å². The molecule has 0 radical (unpaired) electrons. The first kappa shape index (κ1) is 18.3. The molecule has 0 aliphatic heterocycles. The fourth-order valence-corrected chi connectivity index (χ4v) is 3.35. The van der Waals surface area contributed by atoms with E-state index in [0.717, 1.165) is 18.4 Å². The van der Waals surface area contributed by atoms with Gasteiger partial charge in [-0.2, -0.15) is 5.10 Å². The molecule has 0 atom stereocenters. The van der Waals surface area contributed by atoms with Crippen molar-refractivity contribution >= 4 is 22.8 Å². The normalized spacial score (nSPS) is 14.8. The van der Waals surface area contributed by atoms with Gasteiger partial charge in [-0.3, -0.25) is 9.48 Å². The number of carbonyl (C=O) groups is 1. The number of amides is 1. The van der Waals surface area contributed by atoms with Crippen LogP contribution >= 0.6 is 0 Å². The molecular weight excluding hydrogens is 386 g/mol. The van der Waals surface area contributed by atoms with E-state index in [9.17, 15) is 4.79 Å². The SMILES string of the molecule is Cc1oc2ncnc(NC3(C)CC3)c2c1C(=O)NCc1cc(-c2cnn(C)c2)on1. The van der Waals surface area contributed by atoms with Crippen LogP contribution in [-0.2, 0) is 13.6 Å². The molecule has 1 amide bonds. The summed E-state index contributed by atoms with van der Waals surface area (Å²) in [6.45, 7) is 4.08. The number of nitrogens with zero attached hydrogens (tertiary/aromatic N) is 5. The summed E-state index contributed by atoms with van der Waals surface area (Å²) in [5.74, 6) is 1.41. The van der Waals surface area contributed by atoms with E-state index < -0.39 is 0 Å². The molecule has 1 aliphatic rings. The molecule has 0 aromatic carbocycles. The first-order chi connectivity index (χ1) is 14.4. The summed E-state index contributed by atoms with van der Waals surface area (Å²) >= 11 is 0. The summed E-state index contributed by atoms with van der Waals surface area (Å²) in [5.41, 5.74) is 2.24. The molecule has 0 saturated heterocycles. The van der Waals surface area contributed by atoms with Gasteiger partial charge in [0.15, 0.2) is 5.76 Å². The predicted molar refractivity (Wildman–Crippen MR) is 108 cm³/mol. The third-order valence-corrected chi connectivity index (χ3v) is 5.29. The molecular formula is C20H21N7O3. The van der Waals surface area contributed by atoms with Crippen molar-refractivity contribution < 1.29 is 13.7 Å². The Bertz CT molecular complexity index is 1250. The second-order valence-electron chi connectivity index (χ2n) is 7.89. The highest BCUT2D eigenvalue weighted by Gasteiger charge is 2.38. The molecule has 30 heavy (non-hydrogen) atoms. The topological polar surface area (TPSA) is 124 Å². The minimum absolute atomic E-state index is 0.00358. The quantitative estimate of drug-likeness (QED) is 0.500. The number of furan rings is 1. The fraction of sp³-hybridized carbons (Fsp3) is 0.350. The molecule has 2 N–H and O–H groups in total. The van der Waals surface area contributed by atoms with Crippen LogP contribution in [0.2, 0.25) is 0 Å². The van der Waals surface area contributed by atoms with Crippen LogP contribution in [0, 0.1) is 6.92 Å². The van der Waals surface area contributed by atoms with Crippen LogP contribution in [0.25, 0.3) is 22.4 Å². The smallest absolute Gasteiger partial charge is 0.255 e. The Morgan fingerprint density at radius 2 is 2.17 bits per heavy atom. The van der Waals surface area contributed by atoms with Crippen LogP contribution in [-0.4, -0.2) is 36.4 Å². The van der Waals surface area contributed by atoms with Crippen LogP contribution in [0.1, 0.15) is 41.6 Å². The van der Waals surface area contributed by atoms with Crippen LogP contribution in [0.15, 0.2) is 33.7 Å². The van der Waals surface area contributed by atoms with Crippen molar-refractivity contribution in [3.05, 3.63) is 41.8 Å². The maximum atomic E-state index is 13.0. The summed E-state index contributed by atoms with van der Waals surface area (Å²) in [4.78, 5) is 21.5. The van der Waals surface area contributed by atoms with Gasteiger partial charge in [-0.05, 0) is 26.7 Å². The van der Waals surface area contributed by atoms with E-state index in [1.54, 1.807) is 23.9 Å². The zero-order valence-corrected chi connectivity index (χ0v) is 16.9. The van der Waals surface area contributed by atoms with Crippen LogP contribution in [0.5, 0.6) is 0 Å². The minimum Gasteiger partial charge on any atom is -0.442 e. The van der Waals surface area contributed by atoms with Crippen molar-refractivity contribution in [3.8, 4) is 11.3 Å². The Morgan fingerprint density at radius 1 is 1.33 bits per heavy atom. The fourth-order valence-electron chi connectivity index (χ4n) is 3.35. The highest BCUT2D eigenvalue weighted by molar-refractivity contribution is 6.10. The average Bonchev–Trinajstić information content (AvgIpc) is 3.10.